The van der Waals surface area contributed by atoms with Crippen LogP contribution in [0.4, 0.5) is 0 Å². The van der Waals surface area contributed by atoms with Crippen molar-refractivity contribution in [2.24, 2.45) is 0 Å². The molecule has 4 nitrogen and oxygen atoms in total. The minimum absolute atomic E-state index is 1.50. The van der Waals surface area contributed by atoms with Gasteiger partial charge in [0.05, 0.1) is 0 Å². The molecule has 0 spiro atoms. The van der Waals surface area contributed by atoms with Gasteiger partial charge in [-0.3, -0.25) is 0 Å². The molecule has 0 aromatic rings. The molecule has 0 unspecified atom stereocenters. The first-order valence-electron chi connectivity index (χ1n) is 2.58. The van der Waals surface area contributed by atoms with Gasteiger partial charge in [-0.2, -0.15) is 0 Å². The van der Waals surface area contributed by atoms with Gasteiger partial charge in [0.15, 0.2) is 0 Å². The molecule has 0 aliphatic heterocycles. The molecule has 0 heterocycles. The summed E-state index contributed by atoms with van der Waals surface area (Å²) in [6.45, 7) is 0. The third-order valence-electron chi connectivity index (χ3n) is 1.15. The third kappa shape index (κ3) is 2.22. The molecule has 56 valence electrons. The van der Waals surface area contributed by atoms with Crippen LogP contribution in [0.15, 0.2) is 0 Å². The van der Waals surface area contributed by atoms with Gasteiger partial charge in [0.25, 0.3) is 0 Å². The molecule has 0 radical (unpaired) electrons. The Hall–Kier alpha value is 0.372. The van der Waals surface area contributed by atoms with Gasteiger partial charge in [-0.15, -0.1) is 0 Å². The molecular weight excluding hydrogens is 135 g/mol. The lowest BCUT2D eigenvalue weighted by molar-refractivity contribution is 0.0226. The van der Waals surface area contributed by atoms with Crippen LogP contribution in [0, 0.1) is 0 Å². The lowest BCUT2D eigenvalue weighted by Gasteiger charge is -2.29. The van der Waals surface area contributed by atoms with Crippen LogP contribution in [0.25, 0.3) is 0 Å². The highest BCUT2D eigenvalue weighted by Crippen LogP contribution is 2.04. The van der Waals surface area contributed by atoms with E-state index in [0.717, 1.165) is 0 Å². The van der Waals surface area contributed by atoms with Gasteiger partial charge < -0.3 is 15.2 Å². The van der Waals surface area contributed by atoms with Gasteiger partial charge in [0.2, 0.25) is 0 Å². The molecule has 0 saturated heterocycles. The maximum absolute atomic E-state index is 4.89. The molecule has 0 rings (SSSR count). The molecule has 5 heteroatoms. The molecule has 0 saturated carbocycles. The van der Waals surface area contributed by atoms with Gasteiger partial charge in [-0.25, -0.2) is 0 Å². The summed E-state index contributed by atoms with van der Waals surface area (Å²) in [5, 5.41) is 0. The van der Waals surface area contributed by atoms with Crippen LogP contribution in [0.1, 0.15) is 0 Å². The van der Waals surface area contributed by atoms with Gasteiger partial charge >= 0.3 is 14.4 Å². The minimum atomic E-state index is -2.96. The van der Waals surface area contributed by atoms with Crippen LogP contribution in [0.5, 0.6) is 0 Å². The first-order valence-corrected chi connectivity index (χ1v) is 4.46. The first-order chi connectivity index (χ1) is 4.24. The van der Waals surface area contributed by atoms with Crippen molar-refractivity contribution in [2.45, 2.75) is 0 Å². The summed E-state index contributed by atoms with van der Waals surface area (Å²) in [4.78, 5) is 0. The number of hydrogen-bond donors (Lipinski definition) is 0. The van der Waals surface area contributed by atoms with Gasteiger partial charge in [0.1, 0.15) is 0 Å². The van der Waals surface area contributed by atoms with Crippen molar-refractivity contribution < 1.29 is 15.2 Å². The number of rotatable bonds is 4. The second kappa shape index (κ2) is 4.23. The quantitative estimate of drug-likeness (QED) is 0.525. The second-order valence-corrected chi connectivity index (χ2v) is 4.56. The zero-order valence-electron chi connectivity index (χ0n) is 6.21. The molecule has 0 N–H and O–H groups in total. The van der Waals surface area contributed by atoms with Crippen LogP contribution in [-0.2, 0) is 15.2 Å². The Labute approximate surface area is 58.7 Å². The Morgan fingerprint density at radius 2 is 0.889 bits per heavy atom. The van der Waals surface area contributed by atoms with Crippen molar-refractivity contribution in [1.82, 2.24) is 0 Å². The zero-order chi connectivity index (χ0) is 7.33. The lowest BCUT2D eigenvalue weighted by atomic mass is 10.8. The lowest BCUT2D eigenvalue weighted by Crippen LogP contribution is -2.45. The molecule has 9 heavy (non-hydrogen) atoms. The molecular formula is C4H12AlO4-. The molecule has 0 aromatic carbocycles. The molecule has 0 atom stereocenters. The van der Waals surface area contributed by atoms with Crippen molar-refractivity contribution in [3.8, 4) is 0 Å². The summed E-state index contributed by atoms with van der Waals surface area (Å²) >= 11 is -2.96. The topological polar surface area (TPSA) is 36.9 Å². The van der Waals surface area contributed by atoms with Crippen molar-refractivity contribution in [3.63, 3.8) is 0 Å². The summed E-state index contributed by atoms with van der Waals surface area (Å²) in [7, 11) is 6.00. The predicted octanol–water partition coefficient (Wildman–Crippen LogP) is 0.00760. The molecule has 0 fully saturated rings. The van der Waals surface area contributed by atoms with E-state index in [2.05, 4.69) is 0 Å². The molecule has 0 aliphatic rings. The second-order valence-electron chi connectivity index (χ2n) is 1.52. The summed E-state index contributed by atoms with van der Waals surface area (Å²) in [5.74, 6) is 0. The van der Waals surface area contributed by atoms with Gasteiger partial charge in [-0.1, -0.05) is 0 Å². The van der Waals surface area contributed by atoms with Crippen LogP contribution in [0.3, 0.4) is 0 Å². The fourth-order valence-corrected chi connectivity index (χ4v) is 1.73. The fraction of sp³-hybridized carbons (Fsp3) is 1.00. The van der Waals surface area contributed by atoms with Crippen LogP contribution in [-0.4, -0.2) is 42.9 Å². The summed E-state index contributed by atoms with van der Waals surface area (Å²) in [6, 6.07) is 0. The van der Waals surface area contributed by atoms with Crippen molar-refractivity contribution in [1.29, 1.82) is 0 Å². The van der Waals surface area contributed by atoms with Crippen LogP contribution >= 0.6 is 0 Å². The van der Waals surface area contributed by atoms with Gasteiger partial charge in [0, 0.05) is 0 Å². The fourth-order valence-electron chi connectivity index (χ4n) is 0.577. The average molecular weight is 147 g/mol. The minimum Gasteiger partial charge on any atom is -0.589 e. The zero-order valence-corrected chi connectivity index (χ0v) is 7.37. The van der Waals surface area contributed by atoms with Crippen LogP contribution in [0.2, 0.25) is 0 Å². The monoisotopic (exact) mass is 147 g/mol. The summed E-state index contributed by atoms with van der Waals surface area (Å²) in [5.41, 5.74) is 0. The van der Waals surface area contributed by atoms with E-state index in [9.17, 15) is 0 Å². The predicted molar refractivity (Wildman–Crippen MR) is 33.8 cm³/mol. The Kier molecular flexibility index (Phi) is 4.40. The largest absolute Gasteiger partial charge is 0.874 e. The molecule has 0 aliphatic carbocycles. The highest BCUT2D eigenvalue weighted by atomic mass is 27.3. The summed E-state index contributed by atoms with van der Waals surface area (Å²) in [6.07, 6.45) is 0. The highest BCUT2D eigenvalue weighted by molar-refractivity contribution is 6.53. The van der Waals surface area contributed by atoms with E-state index >= 15 is 0 Å². The number of hydrogen-bond acceptors (Lipinski definition) is 4. The Morgan fingerprint density at radius 3 is 0.889 bits per heavy atom. The van der Waals surface area contributed by atoms with E-state index in [1.54, 1.807) is 0 Å². The van der Waals surface area contributed by atoms with E-state index in [1.807, 2.05) is 0 Å². The molecule has 0 bridgehead atoms. The smallest absolute Gasteiger partial charge is 0.589 e. The maximum atomic E-state index is 4.89. The Bertz CT molecular complexity index is 55.5. The SMILES string of the molecule is [11CH3][O][Al-]([O][11CH3])([O][11CH3])[O][11CH3]. The van der Waals surface area contributed by atoms with E-state index in [0.29, 0.717) is 0 Å². The van der Waals surface area contributed by atoms with Gasteiger partial charge in [-0.05, 0) is 28.4 Å². The maximum Gasteiger partial charge on any atom is 0.874 e. The Morgan fingerprint density at radius 1 is 0.667 bits per heavy atom. The summed E-state index contributed by atoms with van der Waals surface area (Å²) < 4.78 is 19.5. The first kappa shape index (κ1) is 9.37. The van der Waals surface area contributed by atoms with Crippen molar-refractivity contribution >= 4 is 14.4 Å². The Balaban J connectivity index is 3.82. The average Bonchev–Trinajstić information content (AvgIpc) is 1.95. The standard InChI is InChI=1S/4CH3O.Al/c4*1-2;/h4*1H3;/q4*-1;+3/i4*1-1;. The highest BCUT2D eigenvalue weighted by Gasteiger charge is 2.42. The normalized spacial score (nSPS) is 12.0. The molecule has 0 aromatic heterocycles. The van der Waals surface area contributed by atoms with E-state index < -0.39 is 14.4 Å². The van der Waals surface area contributed by atoms with E-state index in [1.165, 1.54) is 28.4 Å². The van der Waals surface area contributed by atoms with Crippen molar-refractivity contribution in [2.75, 3.05) is 28.4 Å². The molecule has 0 amide bonds. The van der Waals surface area contributed by atoms with Crippen molar-refractivity contribution in [3.05, 3.63) is 0 Å². The van der Waals surface area contributed by atoms with Crippen LogP contribution < -0.4 is 0 Å². The third-order valence-corrected chi connectivity index (χ3v) is 3.46. The van der Waals surface area contributed by atoms with E-state index in [4.69, 9.17) is 15.2 Å². The van der Waals surface area contributed by atoms with E-state index in [-0.39, 0.29) is 0 Å².